The largest absolute Gasteiger partial charge is 0.497 e. The van der Waals surface area contributed by atoms with Crippen LogP contribution in [0.2, 0.25) is 5.02 Å². The molecule has 0 saturated carbocycles. The minimum atomic E-state index is -1.08. The zero-order valence-corrected chi connectivity index (χ0v) is 23.8. The number of aliphatic carboxylic acids is 1. The number of ether oxygens (including phenoxy) is 4. The Labute approximate surface area is 236 Å². The molecule has 0 amide bonds. The van der Waals surface area contributed by atoms with Crippen LogP contribution in [0.15, 0.2) is 77.3 Å². The summed E-state index contributed by atoms with van der Waals surface area (Å²) in [5.41, 5.74) is 3.74. The maximum absolute atomic E-state index is 11.4. The Morgan fingerprint density at radius 3 is 2.29 bits per heavy atom. The molecule has 0 bridgehead atoms. The van der Waals surface area contributed by atoms with E-state index in [1.165, 1.54) is 7.11 Å². The van der Waals surface area contributed by atoms with Crippen LogP contribution in [0.1, 0.15) is 48.2 Å². The van der Waals surface area contributed by atoms with Crippen molar-refractivity contribution in [3.05, 3.63) is 99.0 Å². The third kappa shape index (κ3) is 6.17. The maximum atomic E-state index is 11.4. The molecular formula is C30H30BrClO6. The molecule has 1 heterocycles. The van der Waals surface area contributed by atoms with E-state index in [1.807, 2.05) is 61.5 Å². The summed E-state index contributed by atoms with van der Waals surface area (Å²) in [4.78, 5) is 11.4. The Morgan fingerprint density at radius 2 is 1.71 bits per heavy atom. The van der Waals surface area contributed by atoms with E-state index in [9.17, 15) is 9.90 Å². The Hall–Kier alpha value is -3.00. The van der Waals surface area contributed by atoms with Crippen LogP contribution in [-0.2, 0) is 9.53 Å². The lowest BCUT2D eigenvalue weighted by Gasteiger charge is -2.43. The topological polar surface area (TPSA) is 74.2 Å². The molecule has 0 unspecified atom stereocenters. The molecule has 8 heteroatoms. The van der Waals surface area contributed by atoms with Gasteiger partial charge in [0.15, 0.2) is 18.1 Å². The lowest BCUT2D eigenvalue weighted by molar-refractivity contribution is -0.139. The first-order valence-electron chi connectivity index (χ1n) is 12.1. The molecule has 6 nitrogen and oxygen atoms in total. The van der Waals surface area contributed by atoms with E-state index in [4.69, 9.17) is 30.5 Å². The summed E-state index contributed by atoms with van der Waals surface area (Å²) in [6, 6.07) is 19.3. The number of carboxylic acid groups (broad SMARTS) is 1. The quantitative estimate of drug-likeness (QED) is 0.253. The summed E-state index contributed by atoms with van der Waals surface area (Å²) >= 11 is 9.77. The summed E-state index contributed by atoms with van der Waals surface area (Å²) in [6.07, 6.45) is -0.0516. The SMILES string of the molecule is C=C(C)[C@H]1C[C@H](c2ccc(Cl)cc2)[C@H](c2ccc(OC)cc2)O[C@@H]1c1cc(Br)cc(OC)c1OCC(=O)O. The number of benzene rings is 3. The standard InChI is InChI=1S/C30H30BrClO6/c1-17(2)23-15-24(18-5-9-21(32)10-6-18)28(19-7-11-22(35-3)12-8-19)38-29(23)25-13-20(31)14-26(36-4)30(25)37-16-27(33)34/h5-14,23-24,28-29H,1,15-16H2,2-4H3,(H,33,34)/t23-,24-,28+,29+/m1/s1. The van der Waals surface area contributed by atoms with Crippen LogP contribution < -0.4 is 14.2 Å². The number of hydrogen-bond acceptors (Lipinski definition) is 5. The highest BCUT2D eigenvalue weighted by atomic mass is 79.9. The van der Waals surface area contributed by atoms with Gasteiger partial charge in [-0.15, -0.1) is 0 Å². The van der Waals surface area contributed by atoms with Gasteiger partial charge in [-0.3, -0.25) is 0 Å². The smallest absolute Gasteiger partial charge is 0.341 e. The molecule has 4 rings (SSSR count). The van der Waals surface area contributed by atoms with Gasteiger partial charge in [0.1, 0.15) is 5.75 Å². The van der Waals surface area contributed by atoms with E-state index in [0.717, 1.165) is 33.3 Å². The number of rotatable bonds is 9. The fraction of sp³-hybridized carbons (Fsp3) is 0.300. The fourth-order valence-corrected chi connectivity index (χ4v) is 5.56. The van der Waals surface area contributed by atoms with Crippen molar-refractivity contribution in [2.24, 2.45) is 5.92 Å². The van der Waals surface area contributed by atoms with Gasteiger partial charge >= 0.3 is 5.97 Å². The second-order valence-electron chi connectivity index (χ2n) is 9.31. The highest BCUT2D eigenvalue weighted by molar-refractivity contribution is 9.10. The lowest BCUT2D eigenvalue weighted by atomic mass is 9.74. The molecule has 38 heavy (non-hydrogen) atoms. The van der Waals surface area contributed by atoms with Crippen LogP contribution in [0.3, 0.4) is 0 Å². The van der Waals surface area contributed by atoms with Crippen molar-refractivity contribution in [3.8, 4) is 17.2 Å². The van der Waals surface area contributed by atoms with Crippen molar-refractivity contribution in [1.29, 1.82) is 0 Å². The van der Waals surface area contributed by atoms with Crippen molar-refractivity contribution in [1.82, 2.24) is 0 Å². The molecule has 3 aromatic carbocycles. The van der Waals surface area contributed by atoms with E-state index < -0.39 is 18.7 Å². The average molecular weight is 602 g/mol. The lowest BCUT2D eigenvalue weighted by Crippen LogP contribution is -2.32. The summed E-state index contributed by atoms with van der Waals surface area (Å²) in [7, 11) is 3.16. The van der Waals surface area contributed by atoms with Crippen LogP contribution >= 0.6 is 27.5 Å². The van der Waals surface area contributed by atoms with E-state index >= 15 is 0 Å². The van der Waals surface area contributed by atoms with Gasteiger partial charge in [0.05, 0.1) is 26.4 Å². The highest BCUT2D eigenvalue weighted by Crippen LogP contribution is 2.54. The van der Waals surface area contributed by atoms with E-state index in [2.05, 4.69) is 22.5 Å². The Balaban J connectivity index is 1.84. The number of carbonyl (C=O) groups is 1. The van der Waals surface area contributed by atoms with Gasteiger partial charge in [-0.1, -0.05) is 63.9 Å². The molecule has 1 saturated heterocycles. The monoisotopic (exact) mass is 600 g/mol. The molecule has 4 atom stereocenters. The van der Waals surface area contributed by atoms with Crippen molar-refractivity contribution < 1.29 is 28.8 Å². The third-order valence-electron chi connectivity index (χ3n) is 6.82. The van der Waals surface area contributed by atoms with Crippen LogP contribution in [0.4, 0.5) is 0 Å². The minimum Gasteiger partial charge on any atom is -0.497 e. The molecule has 1 aliphatic heterocycles. The van der Waals surface area contributed by atoms with Crippen LogP contribution in [-0.4, -0.2) is 31.9 Å². The second kappa shape index (κ2) is 12.2. The molecule has 0 radical (unpaired) electrons. The molecule has 0 aromatic heterocycles. The van der Waals surface area contributed by atoms with Gasteiger partial charge in [0.25, 0.3) is 0 Å². The predicted molar refractivity (Wildman–Crippen MR) is 150 cm³/mol. The molecule has 1 aliphatic rings. The first-order valence-corrected chi connectivity index (χ1v) is 13.3. The third-order valence-corrected chi connectivity index (χ3v) is 7.53. The summed E-state index contributed by atoms with van der Waals surface area (Å²) in [5.74, 6) is 0.353. The summed E-state index contributed by atoms with van der Waals surface area (Å²) in [6.45, 7) is 5.77. The summed E-state index contributed by atoms with van der Waals surface area (Å²) in [5, 5.41) is 9.98. The average Bonchev–Trinajstić information content (AvgIpc) is 2.91. The zero-order chi connectivity index (χ0) is 27.4. The predicted octanol–water partition coefficient (Wildman–Crippen LogP) is 7.76. The second-order valence-corrected chi connectivity index (χ2v) is 10.7. The Morgan fingerprint density at radius 1 is 1.05 bits per heavy atom. The minimum absolute atomic E-state index is 0.0102. The van der Waals surface area contributed by atoms with E-state index in [-0.39, 0.29) is 17.9 Å². The molecule has 0 aliphatic carbocycles. The van der Waals surface area contributed by atoms with Gasteiger partial charge in [-0.25, -0.2) is 4.79 Å². The van der Waals surface area contributed by atoms with Crippen molar-refractivity contribution in [3.63, 3.8) is 0 Å². The Bertz CT molecular complexity index is 1290. The number of hydrogen-bond donors (Lipinski definition) is 1. The maximum Gasteiger partial charge on any atom is 0.341 e. The van der Waals surface area contributed by atoms with Gasteiger partial charge in [-0.2, -0.15) is 0 Å². The normalized spacial score (nSPS) is 21.0. The molecule has 200 valence electrons. The van der Waals surface area contributed by atoms with Crippen molar-refractivity contribution in [2.45, 2.75) is 31.5 Å². The highest BCUT2D eigenvalue weighted by Gasteiger charge is 2.42. The van der Waals surface area contributed by atoms with Crippen LogP contribution in [0, 0.1) is 5.92 Å². The van der Waals surface area contributed by atoms with Gasteiger partial charge in [0, 0.05) is 26.9 Å². The van der Waals surface area contributed by atoms with Crippen LogP contribution in [0.25, 0.3) is 0 Å². The first kappa shape index (κ1) is 28.0. The molecule has 1 N–H and O–H groups in total. The van der Waals surface area contributed by atoms with Crippen molar-refractivity contribution >= 4 is 33.5 Å². The number of carboxylic acids is 1. The van der Waals surface area contributed by atoms with Gasteiger partial charge in [0.2, 0.25) is 0 Å². The van der Waals surface area contributed by atoms with Crippen molar-refractivity contribution in [2.75, 3.05) is 20.8 Å². The fourth-order valence-electron chi connectivity index (χ4n) is 4.98. The first-order chi connectivity index (χ1) is 18.2. The molecule has 3 aromatic rings. The number of methoxy groups -OCH3 is 2. The van der Waals surface area contributed by atoms with Gasteiger partial charge < -0.3 is 24.1 Å². The van der Waals surface area contributed by atoms with Crippen LogP contribution in [0.5, 0.6) is 17.2 Å². The number of halogens is 2. The molecular weight excluding hydrogens is 572 g/mol. The van der Waals surface area contributed by atoms with Gasteiger partial charge in [-0.05, 0) is 60.9 Å². The summed E-state index contributed by atoms with van der Waals surface area (Å²) < 4.78 is 24.4. The van der Waals surface area contributed by atoms with E-state index in [1.54, 1.807) is 13.2 Å². The zero-order valence-electron chi connectivity index (χ0n) is 21.4. The molecule has 1 fully saturated rings. The molecule has 0 spiro atoms. The Kier molecular flexibility index (Phi) is 9.03. The van der Waals surface area contributed by atoms with E-state index in [0.29, 0.717) is 22.1 Å².